The number of rotatable bonds is 3. The molecule has 1 amide bonds. The van der Waals surface area contributed by atoms with Crippen LogP contribution in [0.3, 0.4) is 0 Å². The number of nitrogens with one attached hydrogen (secondary N) is 2. The number of piperidine rings is 1. The summed E-state index contributed by atoms with van der Waals surface area (Å²) in [7, 11) is 0. The van der Waals surface area contributed by atoms with Crippen LogP contribution in [0.4, 0.5) is 5.69 Å². The fraction of sp³-hybridized carbons (Fsp3) is 0.385. The number of carbonyl (C=O) groups is 1. The van der Waals surface area contributed by atoms with Crippen LogP contribution in [0, 0.1) is 5.92 Å². The summed E-state index contributed by atoms with van der Waals surface area (Å²) in [4.78, 5) is 20.3. The summed E-state index contributed by atoms with van der Waals surface area (Å²) in [6.45, 7) is 1.73. The maximum absolute atomic E-state index is 12.1. The lowest BCUT2D eigenvalue weighted by atomic mass is 9.99. The van der Waals surface area contributed by atoms with E-state index in [0.717, 1.165) is 25.9 Å². The van der Waals surface area contributed by atoms with Gasteiger partial charge in [0.25, 0.3) is 0 Å². The molecule has 0 aliphatic carbocycles. The van der Waals surface area contributed by atoms with Crippen molar-refractivity contribution in [3.8, 4) is 5.95 Å². The molecule has 1 unspecified atom stereocenters. The van der Waals surface area contributed by atoms with E-state index in [0.29, 0.717) is 11.6 Å². The normalized spacial score (nSPS) is 17.8. The highest BCUT2D eigenvalue weighted by Crippen LogP contribution is 2.14. The van der Waals surface area contributed by atoms with Crippen molar-refractivity contribution in [3.63, 3.8) is 0 Å². The first-order valence-corrected chi connectivity index (χ1v) is 6.66. The molecule has 3 rings (SSSR count). The monoisotopic (exact) mass is 308 g/mol. The van der Waals surface area contributed by atoms with E-state index in [1.54, 1.807) is 30.9 Å². The van der Waals surface area contributed by atoms with Crippen molar-refractivity contribution in [3.05, 3.63) is 30.9 Å². The number of hydrogen-bond acceptors (Lipinski definition) is 5. The maximum atomic E-state index is 12.1. The van der Waals surface area contributed by atoms with Crippen LogP contribution >= 0.6 is 12.4 Å². The second kappa shape index (κ2) is 7.14. The number of aromatic nitrogens is 4. The van der Waals surface area contributed by atoms with Gasteiger partial charge in [-0.2, -0.15) is 5.10 Å². The van der Waals surface area contributed by atoms with Crippen molar-refractivity contribution >= 4 is 24.0 Å². The SMILES string of the molecule is Cl.O=C(Nc1cnn(-c2ncccn2)c1)C1CCCNC1. The van der Waals surface area contributed by atoms with Gasteiger partial charge in [0.15, 0.2) is 0 Å². The van der Waals surface area contributed by atoms with Crippen LogP contribution in [0.5, 0.6) is 0 Å². The molecule has 2 aromatic rings. The Kier molecular flexibility index (Phi) is 5.24. The van der Waals surface area contributed by atoms with Crippen molar-refractivity contribution in [2.75, 3.05) is 18.4 Å². The molecule has 0 radical (unpaired) electrons. The van der Waals surface area contributed by atoms with Gasteiger partial charge in [0.2, 0.25) is 11.9 Å². The highest BCUT2D eigenvalue weighted by Gasteiger charge is 2.21. The van der Waals surface area contributed by atoms with Crippen LogP contribution in [-0.4, -0.2) is 38.7 Å². The molecule has 2 N–H and O–H groups in total. The molecule has 112 valence electrons. The van der Waals surface area contributed by atoms with E-state index in [1.165, 1.54) is 4.68 Å². The second-order valence-electron chi connectivity index (χ2n) is 4.75. The molecule has 2 aromatic heterocycles. The highest BCUT2D eigenvalue weighted by molar-refractivity contribution is 5.92. The van der Waals surface area contributed by atoms with Crippen LogP contribution in [0.2, 0.25) is 0 Å². The molecule has 1 aliphatic heterocycles. The predicted molar refractivity (Wildman–Crippen MR) is 80.6 cm³/mol. The Morgan fingerprint density at radius 2 is 2.19 bits per heavy atom. The van der Waals surface area contributed by atoms with Gasteiger partial charge in [0, 0.05) is 18.9 Å². The molecule has 1 atom stereocenters. The zero-order valence-corrected chi connectivity index (χ0v) is 12.2. The van der Waals surface area contributed by atoms with Gasteiger partial charge in [-0.3, -0.25) is 4.79 Å². The zero-order valence-electron chi connectivity index (χ0n) is 11.4. The number of halogens is 1. The summed E-state index contributed by atoms with van der Waals surface area (Å²) in [5.41, 5.74) is 0.660. The van der Waals surface area contributed by atoms with Crippen LogP contribution in [0.1, 0.15) is 12.8 Å². The van der Waals surface area contributed by atoms with Crippen molar-refractivity contribution in [1.29, 1.82) is 0 Å². The van der Waals surface area contributed by atoms with Crippen LogP contribution < -0.4 is 10.6 Å². The molecule has 8 heteroatoms. The van der Waals surface area contributed by atoms with Crippen LogP contribution in [0.15, 0.2) is 30.9 Å². The van der Waals surface area contributed by atoms with E-state index in [2.05, 4.69) is 25.7 Å². The summed E-state index contributed by atoms with van der Waals surface area (Å²) >= 11 is 0. The maximum Gasteiger partial charge on any atom is 0.250 e. The summed E-state index contributed by atoms with van der Waals surface area (Å²) in [6.07, 6.45) is 8.57. The number of hydrogen-bond donors (Lipinski definition) is 2. The van der Waals surface area contributed by atoms with E-state index in [-0.39, 0.29) is 24.2 Å². The van der Waals surface area contributed by atoms with Gasteiger partial charge in [0.05, 0.1) is 24.0 Å². The Morgan fingerprint density at radius 1 is 1.38 bits per heavy atom. The van der Waals surface area contributed by atoms with Gasteiger partial charge >= 0.3 is 0 Å². The quantitative estimate of drug-likeness (QED) is 0.884. The Balaban J connectivity index is 0.00000161. The predicted octanol–water partition coefficient (Wildman–Crippen LogP) is 1.02. The minimum absolute atomic E-state index is 0. The number of anilines is 1. The molecule has 21 heavy (non-hydrogen) atoms. The molecule has 0 aromatic carbocycles. The fourth-order valence-electron chi connectivity index (χ4n) is 2.23. The lowest BCUT2D eigenvalue weighted by molar-refractivity contribution is -0.120. The lowest BCUT2D eigenvalue weighted by Gasteiger charge is -2.21. The summed E-state index contributed by atoms with van der Waals surface area (Å²) < 4.78 is 1.54. The summed E-state index contributed by atoms with van der Waals surface area (Å²) in [5.74, 6) is 0.540. The molecule has 0 bridgehead atoms. The largest absolute Gasteiger partial charge is 0.323 e. The Labute approximate surface area is 128 Å². The van der Waals surface area contributed by atoms with Gasteiger partial charge in [-0.05, 0) is 25.5 Å². The minimum atomic E-state index is 0. The van der Waals surface area contributed by atoms with Crippen molar-refractivity contribution in [2.45, 2.75) is 12.8 Å². The molecular formula is C13H17ClN6O. The topological polar surface area (TPSA) is 84.7 Å². The van der Waals surface area contributed by atoms with E-state index in [9.17, 15) is 4.79 Å². The molecule has 0 spiro atoms. The Bertz CT molecular complexity index is 581. The van der Waals surface area contributed by atoms with Gasteiger partial charge < -0.3 is 10.6 Å². The van der Waals surface area contributed by atoms with E-state index >= 15 is 0 Å². The van der Waals surface area contributed by atoms with Crippen molar-refractivity contribution in [1.82, 2.24) is 25.1 Å². The standard InChI is InChI=1S/C13H16N6O.ClH/c20-12(10-3-1-4-14-7-10)18-11-8-17-19(9-11)13-15-5-2-6-16-13;/h2,5-6,8-10,14H,1,3-4,7H2,(H,18,20);1H. The smallest absolute Gasteiger partial charge is 0.250 e. The highest BCUT2D eigenvalue weighted by atomic mass is 35.5. The lowest BCUT2D eigenvalue weighted by Crippen LogP contribution is -2.37. The van der Waals surface area contributed by atoms with Crippen molar-refractivity contribution < 1.29 is 4.79 Å². The third-order valence-electron chi connectivity index (χ3n) is 3.27. The van der Waals surface area contributed by atoms with E-state index in [1.807, 2.05) is 0 Å². The third-order valence-corrected chi connectivity index (χ3v) is 3.27. The first-order chi connectivity index (χ1) is 9.83. The summed E-state index contributed by atoms with van der Waals surface area (Å²) in [6, 6.07) is 1.74. The van der Waals surface area contributed by atoms with Crippen molar-refractivity contribution in [2.24, 2.45) is 5.92 Å². The Morgan fingerprint density at radius 3 is 2.90 bits per heavy atom. The van der Waals surface area contributed by atoms with Gasteiger partial charge in [-0.1, -0.05) is 0 Å². The summed E-state index contributed by atoms with van der Waals surface area (Å²) in [5, 5.41) is 10.3. The Hall–Kier alpha value is -1.99. The first-order valence-electron chi connectivity index (χ1n) is 6.66. The minimum Gasteiger partial charge on any atom is -0.323 e. The molecule has 1 aliphatic rings. The molecule has 3 heterocycles. The fourth-order valence-corrected chi connectivity index (χ4v) is 2.23. The van der Waals surface area contributed by atoms with Gasteiger partial charge in [-0.15, -0.1) is 12.4 Å². The van der Waals surface area contributed by atoms with E-state index < -0.39 is 0 Å². The average Bonchev–Trinajstić information content (AvgIpc) is 2.97. The zero-order chi connectivity index (χ0) is 13.8. The van der Waals surface area contributed by atoms with Gasteiger partial charge in [0.1, 0.15) is 0 Å². The molecule has 1 fully saturated rings. The third kappa shape index (κ3) is 3.77. The van der Waals surface area contributed by atoms with Crippen LogP contribution in [0.25, 0.3) is 5.95 Å². The first kappa shape index (κ1) is 15.4. The second-order valence-corrected chi connectivity index (χ2v) is 4.75. The number of amides is 1. The molecule has 1 saturated heterocycles. The molecule has 7 nitrogen and oxygen atoms in total. The van der Waals surface area contributed by atoms with E-state index in [4.69, 9.17) is 0 Å². The molecular weight excluding hydrogens is 292 g/mol. The number of nitrogens with zero attached hydrogens (tertiary/aromatic N) is 4. The average molecular weight is 309 g/mol. The van der Waals surface area contributed by atoms with Crippen LogP contribution in [-0.2, 0) is 4.79 Å². The molecule has 0 saturated carbocycles. The van der Waals surface area contributed by atoms with Gasteiger partial charge in [-0.25, -0.2) is 14.6 Å². The number of carbonyl (C=O) groups excluding carboxylic acids is 1.